The van der Waals surface area contributed by atoms with E-state index < -0.39 is 17.9 Å². The Morgan fingerprint density at radius 3 is 2.36 bits per heavy atom. The van der Waals surface area contributed by atoms with Gasteiger partial charge in [-0.1, -0.05) is 6.92 Å². The molecule has 1 saturated heterocycles. The molecule has 1 aromatic rings. The van der Waals surface area contributed by atoms with Crippen molar-refractivity contribution in [2.75, 3.05) is 25.0 Å². The Kier molecular flexibility index (Phi) is 6.52. The van der Waals surface area contributed by atoms with Crippen molar-refractivity contribution in [3.63, 3.8) is 0 Å². The van der Waals surface area contributed by atoms with Crippen LogP contribution in [0.1, 0.15) is 37.0 Å². The summed E-state index contributed by atoms with van der Waals surface area (Å²) in [4.78, 5) is 36.9. The Morgan fingerprint density at radius 2 is 1.80 bits per heavy atom. The van der Waals surface area contributed by atoms with E-state index in [1.165, 1.54) is 6.92 Å². The van der Waals surface area contributed by atoms with Crippen LogP contribution in [-0.4, -0.2) is 53.5 Å². The minimum atomic E-state index is -1.09. The molecule has 0 spiro atoms. The monoisotopic (exact) mass is 347 g/mol. The van der Waals surface area contributed by atoms with Gasteiger partial charge in [0.15, 0.2) is 0 Å². The quantitative estimate of drug-likeness (QED) is 0.725. The van der Waals surface area contributed by atoms with Gasteiger partial charge in [-0.15, -0.1) is 0 Å². The van der Waals surface area contributed by atoms with Crippen LogP contribution in [0.15, 0.2) is 24.3 Å². The summed E-state index contributed by atoms with van der Waals surface area (Å²) in [6.07, 6.45) is 2.23. The molecule has 136 valence electrons. The predicted octanol–water partition coefficient (Wildman–Crippen LogP) is 1.56. The first-order valence-corrected chi connectivity index (χ1v) is 8.51. The topological polar surface area (TPSA) is 98.7 Å². The molecule has 1 unspecified atom stereocenters. The second-order valence-corrected chi connectivity index (χ2v) is 6.62. The summed E-state index contributed by atoms with van der Waals surface area (Å²) < 4.78 is 0. The van der Waals surface area contributed by atoms with Gasteiger partial charge in [0.05, 0.1) is 6.54 Å². The molecule has 25 heavy (non-hydrogen) atoms. The molecule has 1 aliphatic rings. The molecular formula is C18H25N3O4. The van der Waals surface area contributed by atoms with E-state index in [1.807, 2.05) is 0 Å². The molecule has 1 aromatic carbocycles. The van der Waals surface area contributed by atoms with Gasteiger partial charge in [0.1, 0.15) is 6.04 Å². The zero-order valence-corrected chi connectivity index (χ0v) is 14.6. The maximum absolute atomic E-state index is 12.1. The Labute approximate surface area is 147 Å². The highest BCUT2D eigenvalue weighted by Crippen LogP contribution is 2.16. The van der Waals surface area contributed by atoms with Crippen molar-refractivity contribution in [1.29, 1.82) is 0 Å². The number of rotatable bonds is 6. The average Bonchev–Trinajstić information content (AvgIpc) is 2.57. The van der Waals surface area contributed by atoms with Crippen molar-refractivity contribution in [3.8, 4) is 0 Å². The number of aliphatic carboxylic acids is 1. The molecule has 0 aliphatic carbocycles. The zero-order valence-electron chi connectivity index (χ0n) is 14.6. The lowest BCUT2D eigenvalue weighted by Crippen LogP contribution is -2.38. The van der Waals surface area contributed by atoms with Crippen LogP contribution in [0.3, 0.4) is 0 Å². The molecule has 2 rings (SSSR count). The Balaban J connectivity index is 1.84. The number of nitrogens with one attached hydrogen (secondary N) is 2. The summed E-state index contributed by atoms with van der Waals surface area (Å²) in [5, 5.41) is 14.0. The first kappa shape index (κ1) is 18.9. The van der Waals surface area contributed by atoms with Crippen LogP contribution in [0.2, 0.25) is 0 Å². The number of carbonyl (C=O) groups is 3. The molecule has 1 fully saturated rings. The largest absolute Gasteiger partial charge is 0.480 e. The van der Waals surface area contributed by atoms with E-state index in [4.69, 9.17) is 5.11 Å². The summed E-state index contributed by atoms with van der Waals surface area (Å²) in [5.41, 5.74) is 0.953. The number of carbonyl (C=O) groups excluding carboxylic acids is 2. The molecule has 7 nitrogen and oxygen atoms in total. The highest BCUT2D eigenvalue weighted by Gasteiger charge is 2.18. The van der Waals surface area contributed by atoms with Crippen LogP contribution in [-0.2, 0) is 9.59 Å². The first-order valence-electron chi connectivity index (χ1n) is 8.51. The van der Waals surface area contributed by atoms with E-state index in [9.17, 15) is 14.4 Å². The van der Waals surface area contributed by atoms with Gasteiger partial charge in [-0.05, 0) is 63.0 Å². The molecule has 1 atom stereocenters. The third kappa shape index (κ3) is 5.86. The maximum Gasteiger partial charge on any atom is 0.325 e. The number of nitrogens with zero attached hydrogens (tertiary/aromatic N) is 1. The second-order valence-electron chi connectivity index (χ2n) is 6.62. The van der Waals surface area contributed by atoms with Crippen LogP contribution >= 0.6 is 0 Å². The van der Waals surface area contributed by atoms with Crippen LogP contribution in [0.5, 0.6) is 0 Å². The van der Waals surface area contributed by atoms with E-state index >= 15 is 0 Å². The van der Waals surface area contributed by atoms with Crippen molar-refractivity contribution in [1.82, 2.24) is 10.2 Å². The summed E-state index contributed by atoms with van der Waals surface area (Å²) in [5.74, 6) is -0.910. The van der Waals surface area contributed by atoms with Crippen molar-refractivity contribution >= 4 is 23.5 Å². The fourth-order valence-corrected chi connectivity index (χ4v) is 2.67. The number of hydrogen-bond donors (Lipinski definition) is 3. The van der Waals surface area contributed by atoms with Crippen molar-refractivity contribution in [2.45, 2.75) is 32.7 Å². The number of piperidine rings is 1. The summed E-state index contributed by atoms with van der Waals surface area (Å²) in [7, 11) is 0. The van der Waals surface area contributed by atoms with Gasteiger partial charge < -0.3 is 15.7 Å². The van der Waals surface area contributed by atoms with E-state index in [2.05, 4.69) is 22.5 Å². The summed E-state index contributed by atoms with van der Waals surface area (Å²) in [6.45, 7) is 5.87. The average molecular weight is 347 g/mol. The highest BCUT2D eigenvalue weighted by molar-refractivity contribution is 5.97. The van der Waals surface area contributed by atoms with E-state index in [1.54, 1.807) is 24.3 Å². The number of likely N-dealkylation sites (tertiary alicyclic amines) is 1. The normalized spacial score (nSPS) is 16.9. The van der Waals surface area contributed by atoms with Crippen LogP contribution in [0, 0.1) is 5.92 Å². The van der Waals surface area contributed by atoms with Gasteiger partial charge in [0, 0.05) is 11.3 Å². The van der Waals surface area contributed by atoms with Crippen molar-refractivity contribution in [2.24, 2.45) is 5.92 Å². The van der Waals surface area contributed by atoms with Crippen molar-refractivity contribution in [3.05, 3.63) is 29.8 Å². The van der Waals surface area contributed by atoms with E-state index in [0.717, 1.165) is 31.8 Å². The van der Waals surface area contributed by atoms with Crippen LogP contribution in [0.4, 0.5) is 5.69 Å². The molecule has 1 heterocycles. The smallest absolute Gasteiger partial charge is 0.325 e. The van der Waals surface area contributed by atoms with Gasteiger partial charge in [0.25, 0.3) is 5.91 Å². The number of carboxylic acids is 1. The highest BCUT2D eigenvalue weighted by atomic mass is 16.4. The number of hydrogen-bond acceptors (Lipinski definition) is 4. The fraction of sp³-hybridized carbons (Fsp3) is 0.500. The minimum Gasteiger partial charge on any atom is -0.480 e. The first-order chi connectivity index (χ1) is 11.8. The van der Waals surface area contributed by atoms with Gasteiger partial charge in [-0.25, -0.2) is 0 Å². The lowest BCUT2D eigenvalue weighted by atomic mass is 9.99. The lowest BCUT2D eigenvalue weighted by Gasteiger charge is -2.29. The van der Waals surface area contributed by atoms with Gasteiger partial charge in [-0.2, -0.15) is 0 Å². The standard InChI is InChI=1S/C18H25N3O4/c1-12-7-9-21(10-8-12)11-16(22)20-15-5-3-14(4-6-15)17(23)19-13(2)18(24)25/h3-6,12-13H,7-11H2,1-2H3,(H,19,23)(H,20,22)(H,24,25). The van der Waals surface area contributed by atoms with E-state index in [-0.39, 0.29) is 5.91 Å². The van der Waals surface area contributed by atoms with Gasteiger partial charge >= 0.3 is 5.97 Å². The molecular weight excluding hydrogens is 322 g/mol. The molecule has 1 aliphatic heterocycles. The molecule has 0 bridgehead atoms. The molecule has 0 saturated carbocycles. The van der Waals surface area contributed by atoms with Gasteiger partial charge in [0.2, 0.25) is 5.91 Å². The Morgan fingerprint density at radius 1 is 1.20 bits per heavy atom. The predicted molar refractivity (Wildman–Crippen MR) is 94.5 cm³/mol. The molecule has 3 N–H and O–H groups in total. The third-order valence-electron chi connectivity index (χ3n) is 4.39. The van der Waals surface area contributed by atoms with Crippen LogP contribution in [0.25, 0.3) is 0 Å². The minimum absolute atomic E-state index is 0.0775. The van der Waals surface area contributed by atoms with Crippen LogP contribution < -0.4 is 10.6 Å². The summed E-state index contributed by atoms with van der Waals surface area (Å²) >= 11 is 0. The fourth-order valence-electron chi connectivity index (χ4n) is 2.67. The second kappa shape index (κ2) is 8.62. The maximum atomic E-state index is 12.1. The zero-order chi connectivity index (χ0) is 18.4. The van der Waals surface area contributed by atoms with E-state index in [0.29, 0.717) is 17.8 Å². The number of anilines is 1. The molecule has 2 amide bonds. The number of amides is 2. The summed E-state index contributed by atoms with van der Waals surface area (Å²) in [6, 6.07) is 5.43. The molecule has 7 heteroatoms. The number of carboxylic acid groups (broad SMARTS) is 1. The molecule has 0 aromatic heterocycles. The SMILES string of the molecule is CC1CCN(CC(=O)Nc2ccc(C(=O)NC(C)C(=O)O)cc2)CC1. The Bertz CT molecular complexity index is 622. The number of benzene rings is 1. The van der Waals surface area contributed by atoms with Gasteiger partial charge in [-0.3, -0.25) is 19.3 Å². The molecule has 0 radical (unpaired) electrons. The van der Waals surface area contributed by atoms with Crippen molar-refractivity contribution < 1.29 is 19.5 Å². The lowest BCUT2D eigenvalue weighted by molar-refractivity contribution is -0.138. The third-order valence-corrected chi connectivity index (χ3v) is 4.39. The Hall–Kier alpha value is -2.41.